The molecule has 0 radical (unpaired) electrons. The Balaban J connectivity index is -0.00000000750. The van der Waals surface area contributed by atoms with Gasteiger partial charge in [0, 0.05) is 27.8 Å². The summed E-state index contributed by atoms with van der Waals surface area (Å²) in [6.45, 7) is 3.44. The number of hydrogen-bond acceptors (Lipinski definition) is 1. The van der Waals surface area contributed by atoms with Crippen LogP contribution in [0.4, 0.5) is 0 Å². The molecule has 0 aromatic heterocycles. The minimum Gasteiger partial charge on any atom is -0.412 e. The third-order valence-electron chi connectivity index (χ3n) is 0. The average molecular weight is 162 g/mol. The van der Waals surface area contributed by atoms with Crippen LogP contribution in [0, 0.1) is 0 Å². The summed E-state index contributed by atoms with van der Waals surface area (Å²) in [5.41, 5.74) is 0. The van der Waals surface area contributed by atoms with E-state index in [1.165, 1.54) is 0 Å². The van der Waals surface area contributed by atoms with Crippen molar-refractivity contribution in [1.29, 1.82) is 0 Å². The van der Waals surface area contributed by atoms with Gasteiger partial charge in [0.2, 0.25) is 0 Å². The van der Waals surface area contributed by atoms with E-state index in [4.69, 9.17) is 5.11 Å². The normalized spacial score (nSPS) is 4.50. The summed E-state index contributed by atoms with van der Waals surface area (Å²) in [5, 5.41) is 8.06. The smallest absolute Gasteiger partial charge is 0.0483 e. The molecule has 0 unspecified atom stereocenters. The molecule has 0 aliphatic carbocycles. The van der Waals surface area contributed by atoms with Crippen LogP contribution in [0.1, 0.15) is 13.8 Å². The average Bonchev–Trinajstić information content (AvgIpc) is 0.811. The van der Waals surface area contributed by atoms with Crippen LogP contribution in [0.3, 0.4) is 0 Å². The van der Waals surface area contributed by atoms with Gasteiger partial charge in [0.05, 0.1) is 0 Å². The van der Waals surface area contributed by atoms with Crippen LogP contribution < -0.4 is 0 Å². The first-order valence-electron chi connectivity index (χ1n) is 1.41. The molecule has 0 aromatic carbocycles. The van der Waals surface area contributed by atoms with Crippen molar-refractivity contribution in [3.8, 4) is 0 Å². The van der Waals surface area contributed by atoms with Crippen LogP contribution in [-0.4, -0.2) is 27.6 Å². The molecule has 0 bridgehead atoms. The van der Waals surface area contributed by atoms with E-state index in [1.54, 1.807) is 13.8 Å². The van der Waals surface area contributed by atoms with E-state index in [9.17, 15) is 0 Å². The van der Waals surface area contributed by atoms with Gasteiger partial charge in [-0.1, -0.05) is 0 Å². The first kappa shape index (κ1) is 38.6. The number of hydrogen-bond donors (Lipinski definition) is 1. The van der Waals surface area contributed by atoms with E-state index >= 15 is 0 Å². The molecule has 4 nitrogen and oxygen atoms in total. The zero-order valence-corrected chi connectivity index (χ0v) is 6.59. The Kier molecular flexibility index (Phi) is 124. The molecule has 0 aliphatic heterocycles. The summed E-state index contributed by atoms with van der Waals surface area (Å²) in [7, 11) is 0. The Morgan fingerprint density at radius 3 is 1.00 bits per heavy atom. The molecule has 0 heterocycles. The van der Waals surface area contributed by atoms with E-state index in [1.807, 2.05) is 0 Å². The van der Waals surface area contributed by atoms with Gasteiger partial charge < -0.3 is 21.5 Å². The van der Waals surface area contributed by atoms with Crippen molar-refractivity contribution >= 4 is 0 Å². The van der Waals surface area contributed by atoms with Gasteiger partial charge in [-0.3, -0.25) is 0 Å². The Hall–Kier alpha value is 0.554. The summed E-state index contributed by atoms with van der Waals surface area (Å²) in [6, 6.07) is 0. The third-order valence-corrected chi connectivity index (χ3v) is 0. The Bertz CT molecular complexity index is 16.0. The number of aliphatic hydroxyl groups is 1. The summed E-state index contributed by atoms with van der Waals surface area (Å²) < 4.78 is 0. The predicted octanol–water partition coefficient (Wildman–Crippen LogP) is -2.09. The van der Waals surface area contributed by atoms with Crippen molar-refractivity contribution in [3.05, 3.63) is 0 Å². The van der Waals surface area contributed by atoms with Gasteiger partial charge in [0.15, 0.2) is 0 Å². The summed E-state index contributed by atoms with van der Waals surface area (Å²) in [6.07, 6.45) is -0.167. The maximum atomic E-state index is 8.06. The fourth-order valence-corrected chi connectivity index (χ4v) is 0. The van der Waals surface area contributed by atoms with Crippen LogP contribution in [0.25, 0.3) is 0 Å². The van der Waals surface area contributed by atoms with E-state index in [-0.39, 0.29) is 44.3 Å². The second-order valence-electron chi connectivity index (χ2n) is 1.09. The van der Waals surface area contributed by atoms with Crippen LogP contribution >= 0.6 is 0 Å². The van der Waals surface area contributed by atoms with Gasteiger partial charge in [-0.15, -0.1) is 0 Å². The minimum absolute atomic E-state index is 0. The third kappa shape index (κ3) is 658. The van der Waals surface area contributed by atoms with Crippen molar-refractivity contribution in [3.63, 3.8) is 0 Å². The number of aliphatic hydroxyl groups excluding tert-OH is 1. The fourth-order valence-electron chi connectivity index (χ4n) is 0. The molecule has 0 rings (SSSR count). The molecule has 0 saturated heterocycles. The zero-order chi connectivity index (χ0) is 3.58. The molecule has 54 valence electrons. The maximum absolute atomic E-state index is 8.06. The van der Waals surface area contributed by atoms with E-state index in [0.717, 1.165) is 0 Å². The standard InChI is InChI=1S/C3H8O.3H2O.Ti/c1-3(2)4;;;;/h3-4H,1-2H3;3*1H2;. The Labute approximate surface area is 63.7 Å². The van der Waals surface area contributed by atoms with Crippen molar-refractivity contribution in [2.75, 3.05) is 0 Å². The molecule has 8 heavy (non-hydrogen) atoms. The molecule has 0 atom stereocenters. The first-order valence-corrected chi connectivity index (χ1v) is 1.41. The number of rotatable bonds is 0. The molecule has 0 spiro atoms. The Morgan fingerprint density at radius 1 is 1.00 bits per heavy atom. The molecule has 0 aliphatic rings. The Morgan fingerprint density at radius 2 is 1.00 bits per heavy atom. The zero-order valence-electron chi connectivity index (χ0n) is 5.02. The molecular weight excluding hydrogens is 148 g/mol. The maximum Gasteiger partial charge on any atom is 0.0483 e. The van der Waals surface area contributed by atoms with Crippen molar-refractivity contribution < 1.29 is 43.3 Å². The molecule has 0 amide bonds. The largest absolute Gasteiger partial charge is 0.412 e. The topological polar surface area (TPSA) is 115 Å². The van der Waals surface area contributed by atoms with Gasteiger partial charge in [-0.05, 0) is 13.8 Å². The summed E-state index contributed by atoms with van der Waals surface area (Å²) in [4.78, 5) is 0. The van der Waals surface area contributed by atoms with Gasteiger partial charge >= 0.3 is 0 Å². The van der Waals surface area contributed by atoms with Crippen LogP contribution in [-0.2, 0) is 21.7 Å². The van der Waals surface area contributed by atoms with Gasteiger partial charge in [-0.2, -0.15) is 0 Å². The van der Waals surface area contributed by atoms with E-state index < -0.39 is 0 Å². The van der Waals surface area contributed by atoms with Crippen molar-refractivity contribution in [2.45, 2.75) is 20.0 Å². The fraction of sp³-hybridized carbons (Fsp3) is 1.00. The summed E-state index contributed by atoms with van der Waals surface area (Å²) in [5.74, 6) is 0. The molecule has 0 fully saturated rings. The molecule has 5 heteroatoms. The van der Waals surface area contributed by atoms with Crippen molar-refractivity contribution in [2.24, 2.45) is 0 Å². The molecular formula is C3H14O4Ti. The molecule has 0 saturated carbocycles. The summed E-state index contributed by atoms with van der Waals surface area (Å²) >= 11 is 0. The monoisotopic (exact) mass is 162 g/mol. The van der Waals surface area contributed by atoms with Gasteiger partial charge in [-0.25, -0.2) is 0 Å². The van der Waals surface area contributed by atoms with Crippen LogP contribution in [0.15, 0.2) is 0 Å². The van der Waals surface area contributed by atoms with Gasteiger partial charge in [0.25, 0.3) is 0 Å². The van der Waals surface area contributed by atoms with Gasteiger partial charge in [0.1, 0.15) is 0 Å². The van der Waals surface area contributed by atoms with Crippen LogP contribution in [0.5, 0.6) is 0 Å². The van der Waals surface area contributed by atoms with Crippen molar-refractivity contribution in [1.82, 2.24) is 0 Å². The van der Waals surface area contributed by atoms with Crippen LogP contribution in [0.2, 0.25) is 0 Å². The first-order chi connectivity index (χ1) is 1.73. The SMILES string of the molecule is CC(C)O.O.O.O.[Ti]. The molecule has 7 N–H and O–H groups in total. The second kappa shape index (κ2) is 25.7. The van der Waals surface area contributed by atoms with E-state index in [0.29, 0.717) is 0 Å². The van der Waals surface area contributed by atoms with E-state index in [2.05, 4.69) is 0 Å². The predicted molar refractivity (Wildman–Crippen MR) is 28.2 cm³/mol. The second-order valence-corrected chi connectivity index (χ2v) is 1.09. The quantitative estimate of drug-likeness (QED) is 0.404. The molecule has 0 aromatic rings. The minimum atomic E-state index is -0.167.